The van der Waals surface area contributed by atoms with Gasteiger partial charge < -0.3 is 19.3 Å². The summed E-state index contributed by atoms with van der Waals surface area (Å²) in [5.41, 5.74) is 0.791. The molecule has 2 saturated heterocycles. The van der Waals surface area contributed by atoms with E-state index in [9.17, 15) is 9.90 Å². The molecule has 0 radical (unpaired) electrons. The summed E-state index contributed by atoms with van der Waals surface area (Å²) in [5.74, 6) is -0.0927. The van der Waals surface area contributed by atoms with Crippen molar-refractivity contribution < 1.29 is 24.1 Å². The van der Waals surface area contributed by atoms with Crippen LogP contribution in [-0.4, -0.2) is 54.4 Å². The fourth-order valence-electron chi connectivity index (χ4n) is 3.31. The summed E-state index contributed by atoms with van der Waals surface area (Å²) < 4.78 is 16.3. The van der Waals surface area contributed by atoms with Crippen LogP contribution in [0, 0.1) is 5.92 Å². The third-order valence-corrected chi connectivity index (χ3v) is 4.38. The van der Waals surface area contributed by atoms with E-state index in [1.165, 1.54) is 6.08 Å². The van der Waals surface area contributed by atoms with Gasteiger partial charge in [-0.05, 0) is 12.8 Å². The largest absolute Gasteiger partial charge is 0.445 e. The number of aliphatic hydroxyl groups is 1. The molecule has 0 unspecified atom stereocenters. The van der Waals surface area contributed by atoms with Crippen molar-refractivity contribution in [2.45, 2.75) is 37.7 Å². The Hall–Kier alpha value is -1.63. The average molecular weight is 321 g/mol. The second-order valence-electron chi connectivity index (χ2n) is 5.88. The zero-order valence-electron chi connectivity index (χ0n) is 13.1. The van der Waals surface area contributed by atoms with Crippen molar-refractivity contribution in [3.8, 4) is 0 Å². The molecular weight excluding hydrogens is 298 g/mol. The topological polar surface area (TPSA) is 68.2 Å². The molecular formula is C17H23NO5. The number of amides is 1. The molecule has 1 aliphatic carbocycles. The lowest BCUT2D eigenvalue weighted by Gasteiger charge is -2.25. The van der Waals surface area contributed by atoms with E-state index < -0.39 is 12.2 Å². The minimum atomic E-state index is -0.601. The molecule has 0 aromatic heterocycles. The van der Waals surface area contributed by atoms with Gasteiger partial charge in [0.1, 0.15) is 6.61 Å². The number of carbonyl (C=O) groups is 1. The predicted molar refractivity (Wildman–Crippen MR) is 83.4 cm³/mol. The van der Waals surface area contributed by atoms with E-state index in [-0.39, 0.29) is 24.9 Å². The lowest BCUT2D eigenvalue weighted by Crippen LogP contribution is -2.38. The number of likely N-dealkylation sites (tertiary alicyclic amines) is 1. The number of hydrogen-bond donors (Lipinski definition) is 1. The Balaban J connectivity index is 1.76. The Morgan fingerprint density at radius 1 is 1.48 bits per heavy atom. The normalized spacial score (nSPS) is 32.3. The van der Waals surface area contributed by atoms with Crippen LogP contribution in [0.2, 0.25) is 0 Å². The van der Waals surface area contributed by atoms with Gasteiger partial charge in [-0.1, -0.05) is 30.9 Å². The van der Waals surface area contributed by atoms with E-state index in [0.29, 0.717) is 26.1 Å². The molecule has 1 amide bonds. The summed E-state index contributed by atoms with van der Waals surface area (Å²) in [7, 11) is 0. The third-order valence-electron chi connectivity index (χ3n) is 4.38. The van der Waals surface area contributed by atoms with E-state index in [1.807, 2.05) is 18.2 Å². The van der Waals surface area contributed by atoms with E-state index in [1.54, 1.807) is 4.90 Å². The molecule has 2 bridgehead atoms. The molecule has 2 heterocycles. The second-order valence-corrected chi connectivity index (χ2v) is 5.88. The zero-order valence-corrected chi connectivity index (χ0v) is 13.1. The highest BCUT2D eigenvalue weighted by molar-refractivity contribution is 5.72. The van der Waals surface area contributed by atoms with Crippen molar-refractivity contribution in [1.82, 2.24) is 4.90 Å². The molecule has 0 aromatic carbocycles. The first-order valence-electron chi connectivity index (χ1n) is 8.07. The molecule has 0 aromatic rings. The molecule has 1 N–H and O–H groups in total. The first kappa shape index (κ1) is 16.2. The third kappa shape index (κ3) is 3.34. The number of aliphatic hydroxyl groups excluding tert-OH is 1. The Morgan fingerprint density at radius 2 is 2.26 bits per heavy atom. The van der Waals surface area contributed by atoms with E-state index in [0.717, 1.165) is 12.1 Å². The molecule has 0 saturated carbocycles. The fraction of sp³-hybridized carbons (Fsp3) is 0.588. The van der Waals surface area contributed by atoms with Gasteiger partial charge in [-0.2, -0.15) is 0 Å². The molecule has 6 heteroatoms. The molecule has 0 spiro atoms. The summed E-state index contributed by atoms with van der Waals surface area (Å²) in [6, 6.07) is -0.370. The smallest absolute Gasteiger partial charge is 0.414 e. The molecule has 2 aliphatic heterocycles. The van der Waals surface area contributed by atoms with Crippen molar-refractivity contribution in [2.75, 3.05) is 19.8 Å². The predicted octanol–water partition coefficient (Wildman–Crippen LogP) is 1.97. The SMILES string of the molecule is C=CCOC(=O)N1/C(=C/CC2OCCCO2)[C@H]2CC=C[C@@H]1[C@@H]2O. The second kappa shape index (κ2) is 7.29. The summed E-state index contributed by atoms with van der Waals surface area (Å²) in [6.45, 7) is 5.08. The molecule has 6 nitrogen and oxygen atoms in total. The van der Waals surface area contributed by atoms with Crippen LogP contribution in [0.15, 0.2) is 36.6 Å². The van der Waals surface area contributed by atoms with Crippen molar-refractivity contribution in [2.24, 2.45) is 5.92 Å². The van der Waals surface area contributed by atoms with Gasteiger partial charge in [0.15, 0.2) is 6.29 Å². The molecule has 3 rings (SSSR count). The Morgan fingerprint density at radius 3 is 3.00 bits per heavy atom. The molecule has 23 heavy (non-hydrogen) atoms. The lowest BCUT2D eigenvalue weighted by molar-refractivity contribution is -0.175. The van der Waals surface area contributed by atoms with Gasteiger partial charge in [0, 0.05) is 18.0 Å². The molecule has 126 valence electrons. The highest BCUT2D eigenvalue weighted by Gasteiger charge is 2.47. The van der Waals surface area contributed by atoms with Crippen LogP contribution in [0.3, 0.4) is 0 Å². The standard InChI is InChI=1S/C17H23NO5/c1-2-9-23-17(20)18-13(7-8-15-21-10-4-11-22-15)12-5-3-6-14(18)16(12)19/h2-3,6-7,12,14-16,19H,1,4-5,8-11H2/b13-7+/t12-,14-,16-/m1/s1. The highest BCUT2D eigenvalue weighted by Crippen LogP contribution is 2.40. The number of rotatable bonds is 4. The lowest BCUT2D eigenvalue weighted by atomic mass is 9.91. The summed E-state index contributed by atoms with van der Waals surface area (Å²) in [6.07, 6.45) is 8.15. The van der Waals surface area contributed by atoms with Crippen LogP contribution in [0.1, 0.15) is 19.3 Å². The highest BCUT2D eigenvalue weighted by atomic mass is 16.7. The van der Waals surface area contributed by atoms with Crippen LogP contribution >= 0.6 is 0 Å². The molecule has 3 atom stereocenters. The number of ether oxygens (including phenoxy) is 3. The molecule has 2 fully saturated rings. The Bertz CT molecular complexity index is 509. The minimum absolute atomic E-state index is 0.0927. The van der Waals surface area contributed by atoms with Crippen LogP contribution in [0.5, 0.6) is 0 Å². The van der Waals surface area contributed by atoms with Gasteiger partial charge in [-0.25, -0.2) is 4.79 Å². The minimum Gasteiger partial charge on any atom is -0.445 e. The van der Waals surface area contributed by atoms with Crippen LogP contribution in [-0.2, 0) is 14.2 Å². The number of fused-ring (bicyclic) bond motifs is 2. The van der Waals surface area contributed by atoms with E-state index in [4.69, 9.17) is 14.2 Å². The van der Waals surface area contributed by atoms with Crippen LogP contribution in [0.4, 0.5) is 4.79 Å². The fourth-order valence-corrected chi connectivity index (χ4v) is 3.31. The van der Waals surface area contributed by atoms with E-state index in [2.05, 4.69) is 6.58 Å². The van der Waals surface area contributed by atoms with Gasteiger partial charge in [0.2, 0.25) is 0 Å². The number of hydrogen-bond acceptors (Lipinski definition) is 5. The van der Waals surface area contributed by atoms with Gasteiger partial charge in [-0.15, -0.1) is 0 Å². The average Bonchev–Trinajstić information content (AvgIpc) is 2.73. The maximum Gasteiger partial charge on any atom is 0.414 e. The van der Waals surface area contributed by atoms with Gasteiger partial charge >= 0.3 is 6.09 Å². The van der Waals surface area contributed by atoms with Crippen molar-refractivity contribution in [3.63, 3.8) is 0 Å². The maximum atomic E-state index is 12.4. The van der Waals surface area contributed by atoms with Crippen molar-refractivity contribution >= 4 is 6.09 Å². The van der Waals surface area contributed by atoms with Gasteiger partial charge in [0.05, 0.1) is 25.4 Å². The van der Waals surface area contributed by atoms with Gasteiger partial charge in [-0.3, -0.25) is 4.90 Å². The van der Waals surface area contributed by atoms with Crippen molar-refractivity contribution in [1.29, 1.82) is 0 Å². The van der Waals surface area contributed by atoms with Crippen LogP contribution in [0.25, 0.3) is 0 Å². The number of carbonyl (C=O) groups excluding carboxylic acids is 1. The first-order valence-corrected chi connectivity index (χ1v) is 8.07. The van der Waals surface area contributed by atoms with E-state index >= 15 is 0 Å². The molecule has 3 aliphatic rings. The number of allylic oxidation sites excluding steroid dienone is 1. The summed E-state index contributed by atoms with van der Waals surface area (Å²) in [4.78, 5) is 13.9. The van der Waals surface area contributed by atoms with Gasteiger partial charge in [0.25, 0.3) is 0 Å². The maximum absolute atomic E-state index is 12.4. The Labute approximate surface area is 136 Å². The Kier molecular flexibility index (Phi) is 5.15. The number of nitrogens with zero attached hydrogens (tertiary/aromatic N) is 1. The first-order chi connectivity index (χ1) is 11.2. The zero-order chi connectivity index (χ0) is 16.2. The quantitative estimate of drug-likeness (QED) is 0.802. The summed E-state index contributed by atoms with van der Waals surface area (Å²) >= 11 is 0. The summed E-state index contributed by atoms with van der Waals surface area (Å²) in [5, 5.41) is 10.4. The monoisotopic (exact) mass is 321 g/mol. The van der Waals surface area contributed by atoms with Crippen LogP contribution < -0.4 is 0 Å². The van der Waals surface area contributed by atoms with Crippen molar-refractivity contribution in [3.05, 3.63) is 36.6 Å².